The van der Waals surface area contributed by atoms with Gasteiger partial charge >= 0.3 is 11.7 Å². The Labute approximate surface area is 221 Å². The SMILES string of the molecule is CCOC(=O)C1=C(C)N=c2s/c(=C/c3cc([N+](=O)[O-])c(OC)cc3OC)c(=O)n2[C@H]1c1ccc(OC)cc1. The molecule has 0 saturated heterocycles. The molecular weight excluding hydrogens is 514 g/mol. The van der Waals surface area contributed by atoms with Crippen molar-refractivity contribution in [2.45, 2.75) is 19.9 Å². The molecule has 3 aromatic rings. The van der Waals surface area contributed by atoms with Gasteiger partial charge in [0, 0.05) is 17.7 Å². The summed E-state index contributed by atoms with van der Waals surface area (Å²) in [5.74, 6) is 0.358. The van der Waals surface area contributed by atoms with Gasteiger partial charge < -0.3 is 18.9 Å². The Morgan fingerprint density at radius 3 is 2.39 bits per heavy atom. The first-order valence-corrected chi connectivity index (χ1v) is 12.3. The third kappa shape index (κ3) is 4.77. The van der Waals surface area contributed by atoms with Gasteiger partial charge in [-0.2, -0.15) is 0 Å². The molecule has 0 radical (unpaired) electrons. The van der Waals surface area contributed by atoms with E-state index in [1.54, 1.807) is 45.2 Å². The fourth-order valence-electron chi connectivity index (χ4n) is 4.20. The number of nitro benzene ring substituents is 1. The van der Waals surface area contributed by atoms with E-state index in [1.807, 2.05) is 0 Å². The molecule has 38 heavy (non-hydrogen) atoms. The van der Waals surface area contributed by atoms with Crippen LogP contribution in [0, 0.1) is 10.1 Å². The highest BCUT2D eigenvalue weighted by Crippen LogP contribution is 2.35. The van der Waals surface area contributed by atoms with E-state index in [0.29, 0.717) is 27.4 Å². The lowest BCUT2D eigenvalue weighted by Gasteiger charge is -2.24. The summed E-state index contributed by atoms with van der Waals surface area (Å²) in [7, 11) is 4.28. The highest BCUT2D eigenvalue weighted by atomic mass is 32.1. The van der Waals surface area contributed by atoms with Crippen molar-refractivity contribution < 1.29 is 28.7 Å². The summed E-state index contributed by atoms with van der Waals surface area (Å²) >= 11 is 1.10. The van der Waals surface area contributed by atoms with Crippen LogP contribution in [-0.4, -0.2) is 43.4 Å². The second-order valence-corrected chi connectivity index (χ2v) is 9.11. The molecule has 0 saturated carbocycles. The molecule has 1 aliphatic rings. The summed E-state index contributed by atoms with van der Waals surface area (Å²) in [5.41, 5.74) is 0.942. The predicted octanol–water partition coefficient (Wildman–Crippen LogP) is 2.73. The second-order valence-electron chi connectivity index (χ2n) is 8.10. The number of carbonyl (C=O) groups is 1. The van der Waals surface area contributed by atoms with Gasteiger partial charge in [-0.15, -0.1) is 0 Å². The Bertz CT molecular complexity index is 1620. The molecule has 0 bridgehead atoms. The van der Waals surface area contributed by atoms with Crippen LogP contribution in [0.25, 0.3) is 6.08 Å². The standard InChI is InChI=1S/C26H25N3O8S/c1-6-37-25(31)22-14(2)27-26-28(23(22)15-7-9-17(34-3)10-8-15)24(30)21(38-26)12-16-11-18(29(32)33)20(36-5)13-19(16)35-4/h7-13,23H,6H2,1-5H3/b21-12+/t23-/m0/s1. The van der Waals surface area contributed by atoms with Gasteiger partial charge in [0.15, 0.2) is 4.80 Å². The number of hydrogen-bond acceptors (Lipinski definition) is 10. The lowest BCUT2D eigenvalue weighted by Crippen LogP contribution is -2.39. The first-order valence-electron chi connectivity index (χ1n) is 11.5. The molecular formula is C26H25N3O8S. The molecule has 0 aliphatic carbocycles. The van der Waals surface area contributed by atoms with E-state index < -0.39 is 22.5 Å². The fraction of sp³-hybridized carbons (Fsp3) is 0.269. The van der Waals surface area contributed by atoms with E-state index in [1.165, 1.54) is 37.0 Å². The number of benzene rings is 2. The molecule has 0 fully saturated rings. The summed E-state index contributed by atoms with van der Waals surface area (Å²) in [4.78, 5) is 42.7. The molecule has 2 heterocycles. The summed E-state index contributed by atoms with van der Waals surface area (Å²) in [6, 6.07) is 8.90. The van der Waals surface area contributed by atoms with Gasteiger partial charge in [-0.3, -0.25) is 19.5 Å². The van der Waals surface area contributed by atoms with E-state index in [4.69, 9.17) is 18.9 Å². The average molecular weight is 540 g/mol. The lowest BCUT2D eigenvalue weighted by atomic mass is 9.96. The van der Waals surface area contributed by atoms with E-state index >= 15 is 0 Å². The molecule has 0 spiro atoms. The monoisotopic (exact) mass is 539 g/mol. The number of methoxy groups -OCH3 is 3. The molecule has 1 aliphatic heterocycles. The predicted molar refractivity (Wildman–Crippen MR) is 140 cm³/mol. The molecule has 198 valence electrons. The molecule has 2 aromatic carbocycles. The maximum absolute atomic E-state index is 13.8. The molecule has 0 amide bonds. The highest BCUT2D eigenvalue weighted by molar-refractivity contribution is 7.07. The number of nitro groups is 1. The van der Waals surface area contributed by atoms with Crippen molar-refractivity contribution in [3.63, 3.8) is 0 Å². The van der Waals surface area contributed by atoms with Crippen molar-refractivity contribution in [3.05, 3.63) is 88.6 Å². The van der Waals surface area contributed by atoms with Crippen LogP contribution in [0.5, 0.6) is 17.2 Å². The summed E-state index contributed by atoms with van der Waals surface area (Å²) < 4.78 is 22.8. The maximum Gasteiger partial charge on any atom is 0.338 e. The number of carbonyl (C=O) groups excluding carboxylic acids is 1. The number of allylic oxidation sites excluding steroid dienone is 1. The van der Waals surface area contributed by atoms with Gasteiger partial charge in [0.2, 0.25) is 5.75 Å². The Hall–Kier alpha value is -4.45. The van der Waals surface area contributed by atoms with E-state index in [9.17, 15) is 19.7 Å². The number of fused-ring (bicyclic) bond motifs is 1. The zero-order chi connectivity index (χ0) is 27.6. The van der Waals surface area contributed by atoms with Crippen LogP contribution in [0.3, 0.4) is 0 Å². The van der Waals surface area contributed by atoms with Gasteiger partial charge in [0.1, 0.15) is 11.5 Å². The van der Waals surface area contributed by atoms with Crippen LogP contribution in [0.2, 0.25) is 0 Å². The lowest BCUT2D eigenvalue weighted by molar-refractivity contribution is -0.385. The molecule has 0 unspecified atom stereocenters. The van der Waals surface area contributed by atoms with Crippen LogP contribution < -0.4 is 29.1 Å². The van der Waals surface area contributed by atoms with Crippen LogP contribution in [0.15, 0.2) is 57.5 Å². The van der Waals surface area contributed by atoms with Gasteiger partial charge in [-0.1, -0.05) is 23.5 Å². The number of nitrogens with zero attached hydrogens (tertiary/aromatic N) is 3. The molecule has 0 N–H and O–H groups in total. The number of aromatic nitrogens is 1. The zero-order valence-corrected chi connectivity index (χ0v) is 22.2. The molecule has 12 heteroatoms. The Morgan fingerprint density at radius 2 is 1.82 bits per heavy atom. The van der Waals surface area contributed by atoms with Gasteiger partial charge in [0.25, 0.3) is 5.56 Å². The van der Waals surface area contributed by atoms with Crippen LogP contribution in [0.1, 0.15) is 31.0 Å². The van der Waals surface area contributed by atoms with Crippen LogP contribution >= 0.6 is 11.3 Å². The first kappa shape index (κ1) is 26.6. The summed E-state index contributed by atoms with van der Waals surface area (Å²) in [6.45, 7) is 3.55. The summed E-state index contributed by atoms with van der Waals surface area (Å²) in [5, 5.41) is 11.6. The van der Waals surface area contributed by atoms with Crippen molar-refractivity contribution in [3.8, 4) is 17.2 Å². The Morgan fingerprint density at radius 1 is 1.13 bits per heavy atom. The largest absolute Gasteiger partial charge is 0.497 e. The Balaban J connectivity index is 1.97. The van der Waals surface area contributed by atoms with Gasteiger partial charge in [-0.25, -0.2) is 9.79 Å². The minimum atomic E-state index is -0.801. The minimum Gasteiger partial charge on any atom is -0.497 e. The third-order valence-corrected chi connectivity index (χ3v) is 6.95. The second kappa shape index (κ2) is 10.9. The van der Waals surface area contributed by atoms with E-state index in [0.717, 1.165) is 11.3 Å². The quantitative estimate of drug-likeness (QED) is 0.243. The smallest absolute Gasteiger partial charge is 0.338 e. The number of thiazole rings is 1. The molecule has 1 aromatic heterocycles. The van der Waals surface area contributed by atoms with Crippen molar-refractivity contribution in [1.82, 2.24) is 4.57 Å². The van der Waals surface area contributed by atoms with Gasteiger partial charge in [0.05, 0.1) is 54.7 Å². The zero-order valence-electron chi connectivity index (χ0n) is 21.3. The van der Waals surface area contributed by atoms with Crippen molar-refractivity contribution in [2.75, 3.05) is 27.9 Å². The first-order chi connectivity index (χ1) is 18.2. The Kier molecular flexibility index (Phi) is 7.62. The van der Waals surface area contributed by atoms with E-state index in [-0.39, 0.29) is 33.9 Å². The highest BCUT2D eigenvalue weighted by Gasteiger charge is 2.33. The third-order valence-electron chi connectivity index (χ3n) is 5.96. The molecule has 4 rings (SSSR count). The maximum atomic E-state index is 13.8. The van der Waals surface area contributed by atoms with Gasteiger partial charge in [-0.05, 0) is 37.6 Å². The number of rotatable bonds is 8. The van der Waals surface area contributed by atoms with Crippen molar-refractivity contribution in [2.24, 2.45) is 4.99 Å². The van der Waals surface area contributed by atoms with E-state index in [2.05, 4.69) is 4.99 Å². The normalized spacial score (nSPS) is 15.0. The van der Waals surface area contributed by atoms with Crippen molar-refractivity contribution in [1.29, 1.82) is 0 Å². The molecule has 11 nitrogen and oxygen atoms in total. The summed E-state index contributed by atoms with van der Waals surface area (Å²) in [6.07, 6.45) is 1.50. The van der Waals surface area contributed by atoms with Crippen LogP contribution in [-0.2, 0) is 9.53 Å². The average Bonchev–Trinajstić information content (AvgIpc) is 3.21. The fourth-order valence-corrected chi connectivity index (χ4v) is 5.23. The van der Waals surface area contributed by atoms with Crippen LogP contribution in [0.4, 0.5) is 5.69 Å². The molecule has 1 atom stereocenters. The minimum absolute atomic E-state index is 0.0275. The topological polar surface area (TPSA) is 131 Å². The number of ether oxygens (including phenoxy) is 4. The number of hydrogen-bond donors (Lipinski definition) is 0. The van der Waals surface area contributed by atoms with Crippen molar-refractivity contribution >= 4 is 29.1 Å². The number of esters is 1.